The number of halogens is 1. The van der Waals surface area contributed by atoms with E-state index in [9.17, 15) is 0 Å². The molecule has 0 aromatic carbocycles. The van der Waals surface area contributed by atoms with Gasteiger partial charge in [0.05, 0.1) is 10.7 Å². The SMILES string of the molecule is Cc1nc(CN2CCC[C@@H](N)C2)cs1.Cl. The van der Waals surface area contributed by atoms with Crippen LogP contribution >= 0.6 is 23.7 Å². The first-order chi connectivity index (χ1) is 6.74. The van der Waals surface area contributed by atoms with Crippen molar-refractivity contribution in [2.75, 3.05) is 13.1 Å². The fourth-order valence-electron chi connectivity index (χ4n) is 1.94. The smallest absolute Gasteiger partial charge is 0.0897 e. The van der Waals surface area contributed by atoms with Gasteiger partial charge in [0, 0.05) is 24.5 Å². The lowest BCUT2D eigenvalue weighted by atomic mass is 10.1. The van der Waals surface area contributed by atoms with Crippen molar-refractivity contribution in [1.29, 1.82) is 0 Å². The van der Waals surface area contributed by atoms with Gasteiger partial charge in [0.1, 0.15) is 0 Å². The molecule has 1 atom stereocenters. The number of aromatic nitrogens is 1. The van der Waals surface area contributed by atoms with Crippen molar-refractivity contribution >= 4 is 23.7 Å². The number of nitrogens with two attached hydrogens (primary N) is 1. The molecule has 0 spiro atoms. The summed E-state index contributed by atoms with van der Waals surface area (Å²) in [5, 5.41) is 3.30. The van der Waals surface area contributed by atoms with Crippen LogP contribution in [-0.4, -0.2) is 29.0 Å². The van der Waals surface area contributed by atoms with Gasteiger partial charge >= 0.3 is 0 Å². The summed E-state index contributed by atoms with van der Waals surface area (Å²) >= 11 is 1.72. The Labute approximate surface area is 101 Å². The third-order valence-corrected chi connectivity index (χ3v) is 3.42. The molecule has 0 radical (unpaired) electrons. The maximum atomic E-state index is 5.92. The average molecular weight is 248 g/mol. The minimum Gasteiger partial charge on any atom is -0.327 e. The maximum Gasteiger partial charge on any atom is 0.0897 e. The second-order valence-electron chi connectivity index (χ2n) is 4.00. The molecule has 1 aromatic rings. The van der Waals surface area contributed by atoms with Crippen LogP contribution in [0.5, 0.6) is 0 Å². The molecule has 1 fully saturated rings. The number of hydrogen-bond donors (Lipinski definition) is 1. The summed E-state index contributed by atoms with van der Waals surface area (Å²) < 4.78 is 0. The van der Waals surface area contributed by atoms with Gasteiger partial charge in [0.25, 0.3) is 0 Å². The summed E-state index contributed by atoms with van der Waals surface area (Å²) in [4.78, 5) is 6.87. The van der Waals surface area contributed by atoms with Crippen molar-refractivity contribution < 1.29 is 0 Å². The van der Waals surface area contributed by atoms with Crippen molar-refractivity contribution in [3.63, 3.8) is 0 Å². The van der Waals surface area contributed by atoms with Crippen molar-refractivity contribution in [3.8, 4) is 0 Å². The van der Waals surface area contributed by atoms with Gasteiger partial charge in [-0.1, -0.05) is 0 Å². The summed E-state index contributed by atoms with van der Waals surface area (Å²) in [7, 11) is 0. The monoisotopic (exact) mass is 247 g/mol. The largest absolute Gasteiger partial charge is 0.327 e. The summed E-state index contributed by atoms with van der Waals surface area (Å²) in [5.41, 5.74) is 7.12. The fourth-order valence-corrected chi connectivity index (χ4v) is 2.55. The molecule has 3 nitrogen and oxygen atoms in total. The minimum absolute atomic E-state index is 0. The first-order valence-electron chi connectivity index (χ1n) is 5.13. The Balaban J connectivity index is 0.00000112. The van der Waals surface area contributed by atoms with Gasteiger partial charge in [-0.3, -0.25) is 4.90 Å². The molecule has 1 aliphatic heterocycles. The predicted molar refractivity (Wildman–Crippen MR) is 66.6 cm³/mol. The van der Waals surface area contributed by atoms with Crippen LogP contribution in [0.1, 0.15) is 23.5 Å². The molecule has 2 N–H and O–H groups in total. The summed E-state index contributed by atoms with van der Waals surface area (Å²) in [6.07, 6.45) is 2.40. The number of rotatable bonds is 2. The van der Waals surface area contributed by atoms with Crippen LogP contribution in [0.25, 0.3) is 0 Å². The minimum atomic E-state index is 0. The van der Waals surface area contributed by atoms with Crippen LogP contribution in [0.2, 0.25) is 0 Å². The molecule has 5 heteroatoms. The van der Waals surface area contributed by atoms with Gasteiger partial charge in [-0.05, 0) is 26.3 Å². The third-order valence-electron chi connectivity index (χ3n) is 2.59. The van der Waals surface area contributed by atoms with Crippen molar-refractivity contribution in [2.45, 2.75) is 32.4 Å². The average Bonchev–Trinajstić information content (AvgIpc) is 2.51. The number of hydrogen-bond acceptors (Lipinski definition) is 4. The van der Waals surface area contributed by atoms with E-state index in [0.29, 0.717) is 6.04 Å². The second kappa shape index (κ2) is 5.80. The van der Waals surface area contributed by atoms with E-state index in [2.05, 4.69) is 22.2 Å². The molecule has 15 heavy (non-hydrogen) atoms. The Morgan fingerprint density at radius 1 is 1.67 bits per heavy atom. The first kappa shape index (κ1) is 12.9. The second-order valence-corrected chi connectivity index (χ2v) is 5.06. The molecule has 1 aliphatic rings. The molecule has 0 bridgehead atoms. The molecule has 2 heterocycles. The number of nitrogens with zero attached hydrogens (tertiary/aromatic N) is 2. The van der Waals surface area contributed by atoms with E-state index in [1.54, 1.807) is 11.3 Å². The molecular weight excluding hydrogens is 230 g/mol. The quantitative estimate of drug-likeness (QED) is 0.867. The Morgan fingerprint density at radius 3 is 3.07 bits per heavy atom. The molecule has 0 amide bonds. The van der Waals surface area contributed by atoms with Gasteiger partial charge in [-0.25, -0.2) is 4.98 Å². The predicted octanol–water partition coefficient (Wildman–Crippen LogP) is 1.80. The molecular formula is C10H18ClN3S. The van der Waals surface area contributed by atoms with Crippen molar-refractivity contribution in [1.82, 2.24) is 9.88 Å². The van der Waals surface area contributed by atoms with Crippen molar-refractivity contribution in [3.05, 3.63) is 16.1 Å². The van der Waals surface area contributed by atoms with E-state index in [1.165, 1.54) is 25.1 Å². The molecule has 1 saturated heterocycles. The number of thiazole rings is 1. The maximum absolute atomic E-state index is 5.92. The zero-order valence-corrected chi connectivity index (χ0v) is 10.6. The van der Waals surface area contributed by atoms with Crippen LogP contribution in [0.15, 0.2) is 5.38 Å². The third kappa shape index (κ3) is 3.72. The van der Waals surface area contributed by atoms with Crippen LogP contribution in [-0.2, 0) is 6.54 Å². The number of piperidine rings is 1. The summed E-state index contributed by atoms with van der Waals surface area (Å²) in [6.45, 7) is 5.22. The van der Waals surface area contributed by atoms with E-state index in [0.717, 1.165) is 18.1 Å². The van der Waals surface area contributed by atoms with E-state index in [4.69, 9.17) is 5.73 Å². The fraction of sp³-hybridized carbons (Fsp3) is 0.700. The van der Waals surface area contributed by atoms with Crippen LogP contribution in [0.3, 0.4) is 0 Å². The van der Waals surface area contributed by atoms with Crippen molar-refractivity contribution in [2.24, 2.45) is 5.73 Å². The van der Waals surface area contributed by atoms with Gasteiger partial charge in [0.15, 0.2) is 0 Å². The Morgan fingerprint density at radius 2 is 2.47 bits per heavy atom. The molecule has 1 aromatic heterocycles. The lowest BCUT2D eigenvalue weighted by molar-refractivity contribution is 0.200. The molecule has 0 aliphatic carbocycles. The highest BCUT2D eigenvalue weighted by molar-refractivity contribution is 7.09. The molecule has 2 rings (SSSR count). The Kier molecular flexibility index (Phi) is 4.99. The first-order valence-corrected chi connectivity index (χ1v) is 6.01. The standard InChI is InChI=1S/C10H17N3S.ClH/c1-8-12-10(7-14-8)6-13-4-2-3-9(11)5-13;/h7,9H,2-6,11H2,1H3;1H/t9-;/m1./s1. The van der Waals surface area contributed by atoms with E-state index in [-0.39, 0.29) is 12.4 Å². The molecule has 86 valence electrons. The number of aryl methyl sites for hydroxylation is 1. The summed E-state index contributed by atoms with van der Waals surface area (Å²) in [5.74, 6) is 0. The lowest BCUT2D eigenvalue weighted by Gasteiger charge is -2.29. The van der Waals surface area contributed by atoms with Crippen LogP contribution in [0, 0.1) is 6.92 Å². The topological polar surface area (TPSA) is 42.2 Å². The van der Waals surface area contributed by atoms with E-state index >= 15 is 0 Å². The summed E-state index contributed by atoms with van der Waals surface area (Å²) in [6, 6.07) is 0.364. The van der Waals surface area contributed by atoms with Crippen LogP contribution < -0.4 is 5.73 Å². The van der Waals surface area contributed by atoms with Gasteiger partial charge in [-0.15, -0.1) is 23.7 Å². The van der Waals surface area contributed by atoms with Gasteiger partial charge < -0.3 is 5.73 Å². The highest BCUT2D eigenvalue weighted by atomic mass is 35.5. The Bertz CT molecular complexity index is 303. The van der Waals surface area contributed by atoms with Crippen LogP contribution in [0.4, 0.5) is 0 Å². The lowest BCUT2D eigenvalue weighted by Crippen LogP contribution is -2.42. The highest BCUT2D eigenvalue weighted by Gasteiger charge is 2.17. The van der Waals surface area contributed by atoms with Gasteiger partial charge in [0.2, 0.25) is 0 Å². The highest BCUT2D eigenvalue weighted by Crippen LogP contribution is 2.14. The molecule has 0 unspecified atom stereocenters. The zero-order chi connectivity index (χ0) is 9.97. The Hall–Kier alpha value is -0.160. The van der Waals surface area contributed by atoms with Gasteiger partial charge in [-0.2, -0.15) is 0 Å². The van der Waals surface area contributed by atoms with E-state index in [1.807, 2.05) is 0 Å². The van der Waals surface area contributed by atoms with E-state index < -0.39 is 0 Å². The number of likely N-dealkylation sites (tertiary alicyclic amines) is 1. The normalized spacial score (nSPS) is 22.4. The molecule has 0 saturated carbocycles. The zero-order valence-electron chi connectivity index (χ0n) is 8.98.